The first kappa shape index (κ1) is 29.8. The Kier molecular flexibility index (Phi) is 9.26. The second kappa shape index (κ2) is 12.1. The number of hydrogen-bond donors (Lipinski definition) is 1. The number of sulfonamides is 2. The van der Waals surface area contributed by atoms with Gasteiger partial charge in [-0.15, -0.1) is 0 Å². The van der Waals surface area contributed by atoms with Crippen LogP contribution in [0.1, 0.15) is 39.5 Å². The Morgan fingerprint density at radius 1 is 1.08 bits per heavy atom. The molecule has 1 aromatic heterocycles. The molecule has 39 heavy (non-hydrogen) atoms. The molecule has 0 atom stereocenters. The Balaban J connectivity index is 1.57. The van der Waals surface area contributed by atoms with Gasteiger partial charge in [0.25, 0.3) is 0 Å². The summed E-state index contributed by atoms with van der Waals surface area (Å²) in [6, 6.07) is 6.83. The average Bonchev–Trinajstić information content (AvgIpc) is 2.89. The van der Waals surface area contributed by atoms with Crippen molar-refractivity contribution in [3.63, 3.8) is 0 Å². The molecule has 1 saturated carbocycles. The van der Waals surface area contributed by atoms with E-state index in [0.717, 1.165) is 19.1 Å². The number of piperazine rings is 1. The molecule has 0 amide bonds. The summed E-state index contributed by atoms with van der Waals surface area (Å²) < 4.78 is 59.9. The zero-order valence-corrected chi connectivity index (χ0v) is 24.8. The van der Waals surface area contributed by atoms with E-state index < -0.39 is 30.9 Å². The molecular weight excluding hydrogens is 566 g/mol. The molecule has 0 unspecified atom stereocenters. The van der Waals surface area contributed by atoms with Crippen molar-refractivity contribution in [2.24, 2.45) is 5.92 Å². The molecule has 1 saturated heterocycles. The van der Waals surface area contributed by atoms with E-state index in [1.165, 1.54) is 8.99 Å². The lowest BCUT2D eigenvalue weighted by molar-refractivity contribution is 0.130. The molecule has 0 spiro atoms. The number of aromatic nitrogens is 2. The topological polar surface area (TPSA) is 131 Å². The van der Waals surface area contributed by atoms with Crippen molar-refractivity contribution in [3.05, 3.63) is 45.8 Å². The van der Waals surface area contributed by atoms with Gasteiger partial charge in [0.15, 0.2) is 0 Å². The zero-order chi connectivity index (χ0) is 28.4. The number of nitrogens with one attached hydrogen (secondary N) is 1. The summed E-state index contributed by atoms with van der Waals surface area (Å²) in [5.74, 6) is 0.374. The highest BCUT2D eigenvalue weighted by Crippen LogP contribution is 2.32. The van der Waals surface area contributed by atoms with Gasteiger partial charge in [-0.25, -0.2) is 21.6 Å². The number of anilines is 1. The van der Waals surface area contributed by atoms with Crippen LogP contribution < -0.4 is 19.9 Å². The van der Waals surface area contributed by atoms with Crippen LogP contribution in [-0.2, 0) is 20.0 Å². The minimum Gasteiger partial charge on any atom is -0.483 e. The number of rotatable bonds is 9. The highest BCUT2D eigenvalue weighted by Gasteiger charge is 2.32. The van der Waals surface area contributed by atoms with E-state index in [-0.39, 0.29) is 17.8 Å². The predicted octanol–water partition coefficient (Wildman–Crippen LogP) is 2.23. The van der Waals surface area contributed by atoms with Gasteiger partial charge in [-0.2, -0.15) is 14.1 Å². The second-order valence-corrected chi connectivity index (χ2v) is 15.2. The highest BCUT2D eigenvalue weighted by molar-refractivity contribution is 7.89. The summed E-state index contributed by atoms with van der Waals surface area (Å²) in [5, 5.41) is 4.36. The van der Waals surface area contributed by atoms with Crippen LogP contribution in [0.25, 0.3) is 5.69 Å². The van der Waals surface area contributed by atoms with Crippen LogP contribution in [-0.4, -0.2) is 81.3 Å². The van der Waals surface area contributed by atoms with Gasteiger partial charge in [0.05, 0.1) is 29.5 Å². The van der Waals surface area contributed by atoms with E-state index in [0.29, 0.717) is 62.0 Å². The lowest BCUT2D eigenvalue weighted by Gasteiger charge is -2.37. The molecule has 216 valence electrons. The van der Waals surface area contributed by atoms with Gasteiger partial charge in [-0.1, -0.05) is 17.7 Å². The maximum absolute atomic E-state index is 13.7. The van der Waals surface area contributed by atoms with Crippen molar-refractivity contribution < 1.29 is 21.6 Å². The van der Waals surface area contributed by atoms with Crippen molar-refractivity contribution in [2.45, 2.75) is 50.9 Å². The summed E-state index contributed by atoms with van der Waals surface area (Å²) >= 11 is 6.16. The van der Waals surface area contributed by atoms with Crippen molar-refractivity contribution in [3.8, 4) is 11.4 Å². The molecule has 0 bridgehead atoms. The minimum atomic E-state index is -3.37. The molecule has 1 aliphatic heterocycles. The Morgan fingerprint density at radius 2 is 1.74 bits per heavy atom. The largest absolute Gasteiger partial charge is 0.483 e. The van der Waals surface area contributed by atoms with Gasteiger partial charge in [0, 0.05) is 37.7 Å². The van der Waals surface area contributed by atoms with Gasteiger partial charge in [-0.3, -0.25) is 4.79 Å². The first-order valence-corrected chi connectivity index (χ1v) is 16.9. The minimum absolute atomic E-state index is 0.169. The van der Waals surface area contributed by atoms with Crippen LogP contribution in [0.3, 0.4) is 0 Å². The third-order valence-electron chi connectivity index (χ3n) is 7.21. The Hall–Kier alpha value is -2.19. The molecule has 1 aromatic carbocycles. The summed E-state index contributed by atoms with van der Waals surface area (Å²) in [6.45, 7) is 5.11. The molecule has 2 aliphatic rings. The first-order chi connectivity index (χ1) is 18.3. The Bertz CT molecular complexity index is 1430. The third kappa shape index (κ3) is 7.31. The lowest BCUT2D eigenvalue weighted by atomic mass is 9.87. The summed E-state index contributed by atoms with van der Waals surface area (Å²) in [4.78, 5) is 15.7. The molecule has 2 heterocycles. The average molecular weight is 602 g/mol. The lowest BCUT2D eigenvalue weighted by Crippen LogP contribution is -2.50. The monoisotopic (exact) mass is 601 g/mol. The zero-order valence-electron chi connectivity index (χ0n) is 22.4. The molecule has 2 fully saturated rings. The fourth-order valence-corrected chi connectivity index (χ4v) is 6.92. The van der Waals surface area contributed by atoms with Crippen LogP contribution >= 0.6 is 11.6 Å². The fraction of sp³-hybridized carbons (Fsp3) is 0.600. The molecule has 4 rings (SSSR count). The van der Waals surface area contributed by atoms with Gasteiger partial charge < -0.3 is 9.64 Å². The standard InChI is InChI=1S/C25H36ClN5O6S2/c1-18(2)39(35,36)30-13-11-29(12-14-30)23-17-27-31(21-6-4-5-20(26)15-21)25(32)24(23)37-22-9-7-19(8-10-22)16-28-38(3,33)34/h4-6,15,17-19,22,28H,7-14,16H2,1-3H3. The van der Waals surface area contributed by atoms with E-state index in [4.69, 9.17) is 16.3 Å². The number of ether oxygens (including phenoxy) is 1. The maximum Gasteiger partial charge on any atom is 0.316 e. The Labute approximate surface area is 235 Å². The van der Waals surface area contributed by atoms with Crippen LogP contribution in [0.15, 0.2) is 35.3 Å². The Morgan fingerprint density at radius 3 is 2.33 bits per heavy atom. The molecule has 1 N–H and O–H groups in total. The van der Waals surface area contributed by atoms with E-state index in [1.807, 2.05) is 4.90 Å². The van der Waals surface area contributed by atoms with Gasteiger partial charge in [-0.05, 0) is 63.6 Å². The fourth-order valence-electron chi connectivity index (χ4n) is 4.93. The predicted molar refractivity (Wildman–Crippen MR) is 152 cm³/mol. The van der Waals surface area contributed by atoms with Crippen molar-refractivity contribution in [1.82, 2.24) is 18.8 Å². The van der Waals surface area contributed by atoms with E-state index >= 15 is 0 Å². The van der Waals surface area contributed by atoms with E-state index in [1.54, 1.807) is 44.3 Å². The van der Waals surface area contributed by atoms with Crippen molar-refractivity contribution in [2.75, 3.05) is 43.9 Å². The highest BCUT2D eigenvalue weighted by atomic mass is 35.5. The quantitative estimate of drug-likeness (QED) is 0.463. The summed E-state index contributed by atoms with van der Waals surface area (Å²) in [7, 11) is -6.62. The number of hydrogen-bond acceptors (Lipinski definition) is 8. The van der Waals surface area contributed by atoms with Crippen LogP contribution in [0.2, 0.25) is 5.02 Å². The molecule has 2 aromatic rings. The maximum atomic E-state index is 13.7. The molecule has 11 nitrogen and oxygen atoms in total. The van der Waals surface area contributed by atoms with E-state index in [2.05, 4.69) is 9.82 Å². The van der Waals surface area contributed by atoms with Crippen molar-refractivity contribution >= 4 is 37.3 Å². The number of nitrogens with zero attached hydrogens (tertiary/aromatic N) is 4. The van der Waals surface area contributed by atoms with Crippen molar-refractivity contribution in [1.29, 1.82) is 0 Å². The molecule has 0 radical (unpaired) electrons. The van der Waals surface area contributed by atoms with E-state index in [9.17, 15) is 21.6 Å². The van der Waals surface area contributed by atoms with Crippen LogP contribution in [0.4, 0.5) is 5.69 Å². The summed E-state index contributed by atoms with van der Waals surface area (Å²) in [5.41, 5.74) is 0.612. The van der Waals surface area contributed by atoms with Crippen LogP contribution in [0.5, 0.6) is 5.75 Å². The van der Waals surface area contributed by atoms with Gasteiger partial charge in [0.1, 0.15) is 5.69 Å². The number of benzene rings is 1. The van der Waals surface area contributed by atoms with Gasteiger partial charge >= 0.3 is 5.56 Å². The van der Waals surface area contributed by atoms with Gasteiger partial charge in [0.2, 0.25) is 25.8 Å². The number of halogens is 1. The molecular formula is C25H36ClN5O6S2. The summed E-state index contributed by atoms with van der Waals surface area (Å²) in [6.07, 6.45) is 5.40. The first-order valence-electron chi connectivity index (χ1n) is 13.1. The van der Waals surface area contributed by atoms with Crippen LogP contribution in [0, 0.1) is 5.92 Å². The third-order valence-corrected chi connectivity index (χ3v) is 10.4. The normalized spacial score (nSPS) is 21.3. The molecule has 14 heteroatoms. The SMILES string of the molecule is CC(C)S(=O)(=O)N1CCN(c2cnn(-c3cccc(Cl)c3)c(=O)c2OC2CCC(CNS(C)(=O)=O)CC2)CC1. The molecule has 1 aliphatic carbocycles. The smallest absolute Gasteiger partial charge is 0.316 e. The second-order valence-electron chi connectivity index (χ2n) is 10.4.